The van der Waals surface area contributed by atoms with Crippen LogP contribution in [0.15, 0.2) is 29.2 Å². The minimum atomic E-state index is -1.12. The van der Waals surface area contributed by atoms with Crippen LogP contribution in [0.2, 0.25) is 0 Å². The third-order valence-corrected chi connectivity index (χ3v) is 1.61. The molecule has 0 saturated carbocycles. The van der Waals surface area contributed by atoms with Crippen LogP contribution in [0, 0.1) is 0 Å². The van der Waals surface area contributed by atoms with Gasteiger partial charge in [0.15, 0.2) is 0 Å². The molecule has 0 radical (unpaired) electrons. The highest BCUT2D eigenvalue weighted by molar-refractivity contribution is 5.72. The van der Waals surface area contributed by atoms with Crippen molar-refractivity contribution in [2.45, 2.75) is 12.6 Å². The number of aromatic nitrogens is 1. The van der Waals surface area contributed by atoms with Crippen molar-refractivity contribution in [3.63, 3.8) is 0 Å². The Hall–Kier alpha value is -1.62. The summed E-state index contributed by atoms with van der Waals surface area (Å²) in [6.45, 7) is -0.00495. The molecule has 1 heterocycles. The van der Waals surface area contributed by atoms with Gasteiger partial charge >= 0.3 is 5.97 Å². The summed E-state index contributed by atoms with van der Waals surface area (Å²) in [6.07, 6.45) is 1.51. The molecule has 0 amide bonds. The van der Waals surface area contributed by atoms with E-state index in [4.69, 9.17) is 10.8 Å². The van der Waals surface area contributed by atoms with Crippen molar-refractivity contribution in [3.8, 4) is 0 Å². The minimum Gasteiger partial charge on any atom is -0.480 e. The molecule has 13 heavy (non-hydrogen) atoms. The summed E-state index contributed by atoms with van der Waals surface area (Å²) in [5, 5.41) is 8.49. The Labute approximate surface area is 74.4 Å². The fraction of sp³-hybridized carbons (Fsp3) is 0.250. The van der Waals surface area contributed by atoms with Gasteiger partial charge in [-0.15, -0.1) is 0 Å². The first kappa shape index (κ1) is 9.47. The maximum absolute atomic E-state index is 11.1. The standard InChI is InChI=1S/C8H10N2O3/c9-6(8(12)13)5-10-4-2-1-3-7(10)11/h1-4,6H,5,9H2,(H,12,13). The van der Waals surface area contributed by atoms with E-state index >= 15 is 0 Å². The van der Waals surface area contributed by atoms with Gasteiger partial charge in [0, 0.05) is 12.3 Å². The quantitative estimate of drug-likeness (QED) is 0.644. The van der Waals surface area contributed by atoms with E-state index in [1.807, 2.05) is 0 Å². The van der Waals surface area contributed by atoms with E-state index in [1.165, 1.54) is 16.8 Å². The molecule has 70 valence electrons. The van der Waals surface area contributed by atoms with Crippen LogP contribution in [0.4, 0.5) is 0 Å². The molecule has 0 aliphatic rings. The maximum atomic E-state index is 11.1. The Morgan fingerprint density at radius 1 is 1.62 bits per heavy atom. The molecule has 1 atom stereocenters. The molecule has 1 unspecified atom stereocenters. The van der Waals surface area contributed by atoms with Crippen LogP contribution < -0.4 is 11.3 Å². The van der Waals surface area contributed by atoms with Gasteiger partial charge in [-0.1, -0.05) is 6.07 Å². The average molecular weight is 182 g/mol. The SMILES string of the molecule is NC(Cn1ccccc1=O)C(=O)O. The molecule has 0 aliphatic carbocycles. The van der Waals surface area contributed by atoms with Gasteiger partial charge in [-0.2, -0.15) is 0 Å². The van der Waals surface area contributed by atoms with Crippen molar-refractivity contribution in [1.82, 2.24) is 4.57 Å². The number of pyridine rings is 1. The summed E-state index contributed by atoms with van der Waals surface area (Å²) < 4.78 is 1.26. The molecule has 5 nitrogen and oxygen atoms in total. The van der Waals surface area contributed by atoms with Crippen LogP contribution in [0.3, 0.4) is 0 Å². The monoisotopic (exact) mass is 182 g/mol. The van der Waals surface area contributed by atoms with Crippen molar-refractivity contribution < 1.29 is 9.90 Å². The Balaban J connectivity index is 2.81. The van der Waals surface area contributed by atoms with Gasteiger partial charge in [-0.25, -0.2) is 0 Å². The molecular weight excluding hydrogens is 172 g/mol. The summed E-state index contributed by atoms with van der Waals surface area (Å²) >= 11 is 0. The van der Waals surface area contributed by atoms with Crippen molar-refractivity contribution in [3.05, 3.63) is 34.7 Å². The van der Waals surface area contributed by atoms with E-state index in [0.29, 0.717) is 0 Å². The van der Waals surface area contributed by atoms with Crippen LogP contribution in [0.1, 0.15) is 0 Å². The fourth-order valence-corrected chi connectivity index (χ4v) is 0.901. The van der Waals surface area contributed by atoms with E-state index in [1.54, 1.807) is 12.1 Å². The topological polar surface area (TPSA) is 85.3 Å². The summed E-state index contributed by atoms with van der Waals surface area (Å²) in [7, 11) is 0. The normalized spacial score (nSPS) is 12.4. The zero-order valence-electron chi connectivity index (χ0n) is 6.88. The van der Waals surface area contributed by atoms with Gasteiger partial charge in [0.1, 0.15) is 6.04 Å². The van der Waals surface area contributed by atoms with Crippen molar-refractivity contribution in [2.75, 3.05) is 0 Å². The van der Waals surface area contributed by atoms with Crippen LogP contribution in [-0.4, -0.2) is 21.7 Å². The molecule has 0 bridgehead atoms. The number of hydrogen-bond donors (Lipinski definition) is 2. The van der Waals surface area contributed by atoms with Gasteiger partial charge in [-0.3, -0.25) is 9.59 Å². The number of hydrogen-bond acceptors (Lipinski definition) is 3. The van der Waals surface area contributed by atoms with Crippen molar-refractivity contribution >= 4 is 5.97 Å². The molecule has 1 aromatic rings. The molecule has 1 rings (SSSR count). The zero-order valence-corrected chi connectivity index (χ0v) is 6.88. The number of carbonyl (C=O) groups is 1. The largest absolute Gasteiger partial charge is 0.480 e. The Morgan fingerprint density at radius 2 is 2.31 bits per heavy atom. The zero-order chi connectivity index (χ0) is 9.84. The smallest absolute Gasteiger partial charge is 0.322 e. The maximum Gasteiger partial charge on any atom is 0.322 e. The number of nitrogens with two attached hydrogens (primary N) is 1. The molecule has 1 aromatic heterocycles. The Kier molecular flexibility index (Phi) is 2.81. The van der Waals surface area contributed by atoms with Crippen molar-refractivity contribution in [1.29, 1.82) is 0 Å². The summed E-state index contributed by atoms with van der Waals surface area (Å²) in [6, 6.07) is 3.55. The summed E-state index contributed by atoms with van der Waals surface area (Å²) in [4.78, 5) is 21.5. The highest BCUT2D eigenvalue weighted by Gasteiger charge is 2.11. The molecule has 0 aromatic carbocycles. The molecular formula is C8H10N2O3. The highest BCUT2D eigenvalue weighted by atomic mass is 16.4. The lowest BCUT2D eigenvalue weighted by Gasteiger charge is -2.07. The third-order valence-electron chi connectivity index (χ3n) is 1.61. The van der Waals surface area contributed by atoms with E-state index in [0.717, 1.165) is 0 Å². The van der Waals surface area contributed by atoms with E-state index < -0.39 is 12.0 Å². The second kappa shape index (κ2) is 3.86. The van der Waals surface area contributed by atoms with Gasteiger partial charge in [0.05, 0.1) is 6.54 Å². The van der Waals surface area contributed by atoms with Crippen LogP contribution >= 0.6 is 0 Å². The second-order valence-corrected chi connectivity index (χ2v) is 2.64. The van der Waals surface area contributed by atoms with Crippen molar-refractivity contribution in [2.24, 2.45) is 5.73 Å². The Morgan fingerprint density at radius 3 is 2.85 bits per heavy atom. The van der Waals surface area contributed by atoms with Gasteiger partial charge < -0.3 is 15.4 Å². The Bertz CT molecular complexity index is 358. The third kappa shape index (κ3) is 2.41. The number of nitrogens with zero attached hydrogens (tertiary/aromatic N) is 1. The van der Waals surface area contributed by atoms with E-state index in [9.17, 15) is 9.59 Å². The minimum absolute atomic E-state index is 0.00495. The van der Waals surface area contributed by atoms with Crippen LogP contribution in [0.25, 0.3) is 0 Å². The van der Waals surface area contributed by atoms with Gasteiger partial charge in [-0.05, 0) is 6.07 Å². The van der Waals surface area contributed by atoms with E-state index in [2.05, 4.69) is 0 Å². The highest BCUT2D eigenvalue weighted by Crippen LogP contribution is 1.86. The lowest BCUT2D eigenvalue weighted by molar-refractivity contribution is -0.138. The number of aliphatic carboxylic acids is 1. The first-order valence-electron chi connectivity index (χ1n) is 3.75. The first-order valence-corrected chi connectivity index (χ1v) is 3.75. The molecule has 5 heteroatoms. The van der Waals surface area contributed by atoms with Gasteiger partial charge in [0.25, 0.3) is 5.56 Å². The summed E-state index contributed by atoms with van der Waals surface area (Å²) in [5.74, 6) is -1.12. The molecule has 0 saturated heterocycles. The number of carboxylic acid groups (broad SMARTS) is 1. The first-order chi connectivity index (χ1) is 6.11. The van der Waals surface area contributed by atoms with Crippen LogP contribution in [-0.2, 0) is 11.3 Å². The summed E-state index contributed by atoms with van der Waals surface area (Å²) in [5.41, 5.74) is 5.01. The molecule has 0 fully saturated rings. The molecule has 3 N–H and O–H groups in total. The van der Waals surface area contributed by atoms with Crippen LogP contribution in [0.5, 0.6) is 0 Å². The van der Waals surface area contributed by atoms with E-state index in [-0.39, 0.29) is 12.1 Å². The predicted octanol–water partition coefficient (Wildman–Crippen LogP) is -0.740. The lowest BCUT2D eigenvalue weighted by atomic mass is 10.3. The predicted molar refractivity (Wildman–Crippen MR) is 46.3 cm³/mol. The molecule has 0 aliphatic heterocycles. The lowest BCUT2D eigenvalue weighted by Crippen LogP contribution is -2.37. The number of carboxylic acids is 1. The second-order valence-electron chi connectivity index (χ2n) is 2.64. The average Bonchev–Trinajstić information content (AvgIpc) is 2.08. The number of rotatable bonds is 3. The van der Waals surface area contributed by atoms with Gasteiger partial charge in [0.2, 0.25) is 0 Å². The molecule has 0 spiro atoms. The fourth-order valence-electron chi connectivity index (χ4n) is 0.901.